The largest absolute Gasteiger partial charge is 0.489 e. The van der Waals surface area contributed by atoms with Crippen LogP contribution in [0.5, 0.6) is 5.75 Å². The van der Waals surface area contributed by atoms with E-state index in [1.165, 1.54) is 6.92 Å². The topological polar surface area (TPSA) is 100 Å². The molecule has 0 aliphatic heterocycles. The van der Waals surface area contributed by atoms with Crippen molar-refractivity contribution in [1.29, 1.82) is 0 Å². The quantitative estimate of drug-likeness (QED) is 0.292. The molecule has 0 heterocycles. The maximum Gasteiger partial charge on any atom is 0.407 e. The second-order valence-electron chi connectivity index (χ2n) is 5.20. The molecule has 1 aromatic rings. The van der Waals surface area contributed by atoms with Gasteiger partial charge in [-0.1, -0.05) is 24.8 Å². The number of carbonyl (C=O) groups is 3. The van der Waals surface area contributed by atoms with Gasteiger partial charge >= 0.3 is 18.0 Å². The summed E-state index contributed by atoms with van der Waals surface area (Å²) in [5, 5.41) is 2.43. The first-order valence-corrected chi connectivity index (χ1v) is 7.97. The number of hydrogen-bond donors (Lipinski definition) is 1. The third-order valence-corrected chi connectivity index (χ3v) is 3.05. The molecule has 0 saturated carbocycles. The minimum atomic E-state index is -0.827. The highest BCUT2D eigenvalue weighted by Crippen LogP contribution is 2.16. The summed E-state index contributed by atoms with van der Waals surface area (Å²) in [4.78, 5) is 33.7. The Labute approximate surface area is 152 Å². The molecule has 0 aliphatic rings. The van der Waals surface area contributed by atoms with Crippen molar-refractivity contribution in [3.8, 4) is 5.75 Å². The molecule has 0 saturated heterocycles. The number of hydrogen-bond acceptors (Lipinski definition) is 7. The first-order valence-electron chi connectivity index (χ1n) is 7.97. The van der Waals surface area contributed by atoms with Crippen LogP contribution in [0.1, 0.15) is 12.5 Å². The Kier molecular flexibility index (Phi) is 9.30. The average Bonchev–Trinajstić information content (AvgIpc) is 2.61. The zero-order valence-corrected chi connectivity index (χ0v) is 14.9. The van der Waals surface area contributed by atoms with E-state index in [1.54, 1.807) is 6.07 Å². The van der Waals surface area contributed by atoms with Gasteiger partial charge in [-0.05, 0) is 18.6 Å². The number of benzene rings is 1. The molecule has 8 heteroatoms. The summed E-state index contributed by atoms with van der Waals surface area (Å²) in [6, 6.07) is 7.35. The van der Waals surface area contributed by atoms with Crippen LogP contribution in [0.2, 0.25) is 0 Å². The lowest BCUT2D eigenvalue weighted by molar-refractivity contribution is -0.141. The zero-order chi connectivity index (χ0) is 19.4. The van der Waals surface area contributed by atoms with Crippen LogP contribution in [0, 0.1) is 6.92 Å². The highest BCUT2D eigenvalue weighted by molar-refractivity contribution is 5.81. The van der Waals surface area contributed by atoms with E-state index < -0.39 is 24.1 Å². The fourth-order valence-electron chi connectivity index (χ4n) is 1.79. The molecular weight excluding hydrogens is 342 g/mol. The lowest BCUT2D eigenvalue weighted by Crippen LogP contribution is -2.36. The number of ether oxygens (including phenoxy) is 4. The Morgan fingerprint density at radius 2 is 1.92 bits per heavy atom. The summed E-state index contributed by atoms with van der Waals surface area (Å²) in [5.41, 5.74) is 0.917. The molecule has 1 unspecified atom stereocenters. The maximum absolute atomic E-state index is 11.8. The van der Waals surface area contributed by atoms with Gasteiger partial charge in [0, 0.05) is 13.0 Å². The molecule has 142 valence electrons. The number of aryl methyl sites for hydroxylation is 1. The lowest BCUT2D eigenvalue weighted by atomic mass is 10.2. The molecule has 1 aromatic carbocycles. The second-order valence-corrected chi connectivity index (χ2v) is 5.20. The SMILES string of the molecule is C=CC(=O)OCC(COc1ccccc1C)OC(=O)NCCOC(C)=O. The number of rotatable bonds is 10. The van der Waals surface area contributed by atoms with E-state index in [0.717, 1.165) is 11.6 Å². The predicted octanol–water partition coefficient (Wildman–Crippen LogP) is 1.76. The van der Waals surface area contributed by atoms with Crippen LogP contribution in [0.3, 0.4) is 0 Å². The first-order chi connectivity index (χ1) is 12.4. The van der Waals surface area contributed by atoms with Crippen molar-refractivity contribution in [1.82, 2.24) is 5.32 Å². The molecule has 1 amide bonds. The van der Waals surface area contributed by atoms with Gasteiger partial charge in [0.05, 0.1) is 6.54 Å². The fraction of sp³-hybridized carbons (Fsp3) is 0.389. The van der Waals surface area contributed by atoms with E-state index >= 15 is 0 Å². The summed E-state index contributed by atoms with van der Waals surface area (Å²) >= 11 is 0. The standard InChI is InChI=1S/C18H23NO7/c1-4-17(21)25-12-15(11-24-16-8-6-5-7-13(16)2)26-18(22)19-9-10-23-14(3)20/h4-8,15H,1,9-12H2,2-3H3,(H,19,22). The van der Waals surface area contributed by atoms with Crippen molar-refractivity contribution < 1.29 is 33.3 Å². The second kappa shape index (κ2) is 11.5. The predicted molar refractivity (Wildman–Crippen MR) is 92.7 cm³/mol. The Balaban J connectivity index is 2.53. The van der Waals surface area contributed by atoms with Gasteiger partial charge in [-0.25, -0.2) is 9.59 Å². The number of alkyl carbamates (subject to hydrolysis) is 1. The normalized spacial score (nSPS) is 11.0. The van der Waals surface area contributed by atoms with Crippen molar-refractivity contribution in [2.45, 2.75) is 20.0 Å². The Morgan fingerprint density at radius 3 is 2.58 bits per heavy atom. The van der Waals surface area contributed by atoms with Gasteiger partial charge < -0.3 is 24.3 Å². The van der Waals surface area contributed by atoms with E-state index in [0.29, 0.717) is 5.75 Å². The minimum Gasteiger partial charge on any atom is -0.489 e. The average molecular weight is 365 g/mol. The molecule has 1 rings (SSSR count). The van der Waals surface area contributed by atoms with E-state index in [-0.39, 0.29) is 26.4 Å². The Hall–Kier alpha value is -3.03. The molecule has 0 aliphatic carbocycles. The fourth-order valence-corrected chi connectivity index (χ4v) is 1.79. The first kappa shape index (κ1) is 21.0. The third-order valence-electron chi connectivity index (χ3n) is 3.05. The molecule has 0 radical (unpaired) electrons. The highest BCUT2D eigenvalue weighted by atomic mass is 16.6. The van der Waals surface area contributed by atoms with Crippen LogP contribution in [0.15, 0.2) is 36.9 Å². The van der Waals surface area contributed by atoms with Gasteiger partial charge in [0.1, 0.15) is 25.6 Å². The van der Waals surface area contributed by atoms with E-state index in [4.69, 9.17) is 18.9 Å². The smallest absolute Gasteiger partial charge is 0.407 e. The van der Waals surface area contributed by atoms with Crippen molar-refractivity contribution in [3.05, 3.63) is 42.5 Å². The van der Waals surface area contributed by atoms with Gasteiger partial charge in [-0.15, -0.1) is 0 Å². The summed E-state index contributed by atoms with van der Waals surface area (Å²) in [6.07, 6.45) is -0.560. The molecular formula is C18H23NO7. The van der Waals surface area contributed by atoms with Crippen LogP contribution in [-0.4, -0.2) is 50.5 Å². The highest BCUT2D eigenvalue weighted by Gasteiger charge is 2.18. The molecule has 1 atom stereocenters. The van der Waals surface area contributed by atoms with Crippen LogP contribution in [-0.2, 0) is 23.8 Å². The van der Waals surface area contributed by atoms with Gasteiger partial charge in [0.15, 0.2) is 6.10 Å². The van der Waals surface area contributed by atoms with Crippen LogP contribution in [0.4, 0.5) is 4.79 Å². The molecule has 8 nitrogen and oxygen atoms in total. The molecule has 0 spiro atoms. The number of amides is 1. The molecule has 0 aromatic heterocycles. The summed E-state index contributed by atoms with van der Waals surface area (Å²) < 4.78 is 20.4. The third kappa shape index (κ3) is 8.72. The molecule has 0 fully saturated rings. The summed E-state index contributed by atoms with van der Waals surface area (Å²) in [5.74, 6) is -0.447. The van der Waals surface area contributed by atoms with E-state index in [2.05, 4.69) is 11.9 Å². The number of nitrogens with one attached hydrogen (secondary N) is 1. The monoisotopic (exact) mass is 365 g/mol. The van der Waals surface area contributed by atoms with Crippen LogP contribution < -0.4 is 10.1 Å². The van der Waals surface area contributed by atoms with Crippen molar-refractivity contribution in [2.75, 3.05) is 26.4 Å². The zero-order valence-electron chi connectivity index (χ0n) is 14.9. The van der Waals surface area contributed by atoms with E-state index in [1.807, 2.05) is 25.1 Å². The van der Waals surface area contributed by atoms with Gasteiger partial charge in [0.2, 0.25) is 0 Å². The van der Waals surface area contributed by atoms with E-state index in [9.17, 15) is 14.4 Å². The van der Waals surface area contributed by atoms with Crippen LogP contribution in [0.25, 0.3) is 0 Å². The summed E-state index contributed by atoms with van der Waals surface area (Å²) in [6.45, 7) is 6.38. The Bertz CT molecular complexity index is 630. The van der Waals surface area contributed by atoms with Gasteiger partial charge in [-0.2, -0.15) is 0 Å². The molecule has 0 bridgehead atoms. The lowest BCUT2D eigenvalue weighted by Gasteiger charge is -2.19. The van der Waals surface area contributed by atoms with Crippen LogP contribution >= 0.6 is 0 Å². The number of carbonyl (C=O) groups excluding carboxylic acids is 3. The number of para-hydroxylation sites is 1. The van der Waals surface area contributed by atoms with Gasteiger partial charge in [-0.3, -0.25) is 4.79 Å². The van der Waals surface area contributed by atoms with Crippen molar-refractivity contribution in [3.63, 3.8) is 0 Å². The summed E-state index contributed by atoms with van der Waals surface area (Å²) in [7, 11) is 0. The maximum atomic E-state index is 11.8. The van der Waals surface area contributed by atoms with Crippen molar-refractivity contribution in [2.24, 2.45) is 0 Å². The number of esters is 2. The van der Waals surface area contributed by atoms with Crippen molar-refractivity contribution >= 4 is 18.0 Å². The molecule has 1 N–H and O–H groups in total. The molecule has 26 heavy (non-hydrogen) atoms. The minimum absolute atomic E-state index is 0.00730. The van der Waals surface area contributed by atoms with Gasteiger partial charge in [0.25, 0.3) is 0 Å². The Morgan fingerprint density at radius 1 is 1.19 bits per heavy atom.